The molecule has 1 fully saturated rings. The van der Waals surface area contributed by atoms with Crippen LogP contribution in [0, 0.1) is 5.92 Å². The second-order valence-electron chi connectivity index (χ2n) is 4.94. The van der Waals surface area contributed by atoms with E-state index in [0.717, 1.165) is 25.7 Å². The largest absolute Gasteiger partial charge is 0.480 e. The molecule has 0 saturated heterocycles. The summed E-state index contributed by atoms with van der Waals surface area (Å²) in [4.78, 5) is 11.1. The highest BCUT2D eigenvalue weighted by Gasteiger charge is 2.33. The summed E-state index contributed by atoms with van der Waals surface area (Å²) in [6.45, 7) is 3.68. The van der Waals surface area contributed by atoms with Gasteiger partial charge < -0.3 is 5.11 Å². The first-order valence-corrected chi connectivity index (χ1v) is 7.44. The zero-order chi connectivity index (χ0) is 12.1. The van der Waals surface area contributed by atoms with Gasteiger partial charge in [0.15, 0.2) is 0 Å². The summed E-state index contributed by atoms with van der Waals surface area (Å²) in [5, 5.41) is 8.53. The fraction of sp³-hybridized carbons (Fsp3) is 0.917. The van der Waals surface area contributed by atoms with Gasteiger partial charge in [-0.05, 0) is 18.8 Å². The van der Waals surface area contributed by atoms with Crippen LogP contribution in [0.5, 0.6) is 0 Å². The number of hydrogen-bond donors (Lipinski definition) is 1. The number of aliphatic carboxylic acids is 1. The molecule has 0 radical (unpaired) electrons. The van der Waals surface area contributed by atoms with Crippen molar-refractivity contribution in [2.24, 2.45) is 5.92 Å². The van der Waals surface area contributed by atoms with Crippen LogP contribution in [0.2, 0.25) is 0 Å². The van der Waals surface area contributed by atoms with Crippen LogP contribution in [0.3, 0.4) is 0 Å². The summed E-state index contributed by atoms with van der Waals surface area (Å²) in [6.07, 6.45) is 6.47. The molecule has 0 aliphatic heterocycles. The van der Waals surface area contributed by atoms with E-state index in [0.29, 0.717) is 0 Å². The Hall–Kier alpha value is -0.380. The molecule has 0 bridgehead atoms. The van der Waals surface area contributed by atoms with E-state index >= 15 is 0 Å². The monoisotopic (exact) mass is 246 g/mol. The van der Waals surface area contributed by atoms with Crippen molar-refractivity contribution in [3.63, 3.8) is 0 Å². The standard InChI is InChI=1S/C12H22O3S/c1-9(2)11(12(13)14)16(15)10-7-5-3-4-6-8-10/h9-11H,3-8H2,1-2H3,(H,13,14). The van der Waals surface area contributed by atoms with Gasteiger partial charge in [-0.2, -0.15) is 0 Å². The van der Waals surface area contributed by atoms with Crippen molar-refractivity contribution in [3.8, 4) is 0 Å². The molecule has 94 valence electrons. The smallest absolute Gasteiger partial charge is 0.319 e. The highest BCUT2D eigenvalue weighted by atomic mass is 32.2. The third-order valence-electron chi connectivity index (χ3n) is 3.23. The van der Waals surface area contributed by atoms with Gasteiger partial charge in [0.1, 0.15) is 5.25 Å². The van der Waals surface area contributed by atoms with Crippen molar-refractivity contribution in [1.82, 2.24) is 0 Å². The summed E-state index contributed by atoms with van der Waals surface area (Å²) in [6, 6.07) is 0. The van der Waals surface area contributed by atoms with Crippen LogP contribution < -0.4 is 0 Å². The van der Waals surface area contributed by atoms with Gasteiger partial charge in [0, 0.05) is 16.0 Å². The first-order valence-electron chi connectivity index (χ1n) is 6.16. The van der Waals surface area contributed by atoms with Crippen LogP contribution in [0.15, 0.2) is 0 Å². The Morgan fingerprint density at radius 2 is 1.69 bits per heavy atom. The van der Waals surface area contributed by atoms with E-state index in [1.54, 1.807) is 0 Å². The lowest BCUT2D eigenvalue weighted by Gasteiger charge is -2.21. The van der Waals surface area contributed by atoms with Crippen molar-refractivity contribution in [2.75, 3.05) is 0 Å². The van der Waals surface area contributed by atoms with Crippen LogP contribution in [0.4, 0.5) is 0 Å². The fourth-order valence-corrected chi connectivity index (χ4v) is 4.28. The van der Waals surface area contributed by atoms with Crippen LogP contribution >= 0.6 is 0 Å². The maximum absolute atomic E-state index is 12.3. The van der Waals surface area contributed by atoms with E-state index in [4.69, 9.17) is 5.11 Å². The molecule has 2 atom stereocenters. The van der Waals surface area contributed by atoms with Crippen LogP contribution in [0.25, 0.3) is 0 Å². The minimum atomic E-state index is -1.22. The Labute approximate surface area is 100 Å². The first kappa shape index (κ1) is 13.7. The number of carboxylic acid groups (broad SMARTS) is 1. The minimum Gasteiger partial charge on any atom is -0.480 e. The molecule has 1 N–H and O–H groups in total. The fourth-order valence-electron chi connectivity index (χ4n) is 2.33. The van der Waals surface area contributed by atoms with Crippen LogP contribution in [-0.2, 0) is 15.6 Å². The number of carboxylic acids is 1. The molecule has 0 heterocycles. The summed E-state index contributed by atoms with van der Waals surface area (Å²) in [7, 11) is -1.22. The molecule has 0 aromatic carbocycles. The van der Waals surface area contributed by atoms with Gasteiger partial charge in [0.2, 0.25) is 0 Å². The molecule has 0 spiro atoms. The number of hydrogen-bond acceptors (Lipinski definition) is 2. The topological polar surface area (TPSA) is 54.4 Å². The lowest BCUT2D eigenvalue weighted by atomic mass is 10.1. The highest BCUT2D eigenvalue weighted by Crippen LogP contribution is 2.25. The molecular formula is C12H22O3S. The Morgan fingerprint density at radius 1 is 1.19 bits per heavy atom. The summed E-state index contributed by atoms with van der Waals surface area (Å²) >= 11 is 0. The molecule has 16 heavy (non-hydrogen) atoms. The van der Waals surface area contributed by atoms with E-state index in [-0.39, 0.29) is 11.2 Å². The van der Waals surface area contributed by atoms with Gasteiger partial charge in [-0.3, -0.25) is 9.00 Å². The zero-order valence-electron chi connectivity index (χ0n) is 10.1. The summed E-state index contributed by atoms with van der Waals surface area (Å²) in [5.74, 6) is -0.959. The molecule has 1 aliphatic rings. The Bertz CT molecular complexity index is 255. The maximum Gasteiger partial charge on any atom is 0.319 e. The van der Waals surface area contributed by atoms with Gasteiger partial charge >= 0.3 is 5.97 Å². The molecule has 2 unspecified atom stereocenters. The molecule has 1 saturated carbocycles. The van der Waals surface area contributed by atoms with Gasteiger partial charge in [0.25, 0.3) is 0 Å². The Balaban J connectivity index is 2.68. The van der Waals surface area contributed by atoms with Gasteiger partial charge in [-0.1, -0.05) is 39.5 Å². The number of rotatable bonds is 4. The predicted molar refractivity (Wildman–Crippen MR) is 65.9 cm³/mol. The molecular weight excluding hydrogens is 224 g/mol. The average molecular weight is 246 g/mol. The van der Waals surface area contributed by atoms with E-state index in [1.165, 1.54) is 12.8 Å². The second kappa shape index (κ2) is 6.38. The number of carbonyl (C=O) groups is 1. The van der Waals surface area contributed by atoms with Gasteiger partial charge in [-0.15, -0.1) is 0 Å². The first-order chi connectivity index (χ1) is 7.54. The molecule has 3 nitrogen and oxygen atoms in total. The third kappa shape index (κ3) is 3.58. The van der Waals surface area contributed by atoms with Crippen molar-refractivity contribution < 1.29 is 14.1 Å². The van der Waals surface area contributed by atoms with E-state index in [2.05, 4.69) is 0 Å². The van der Waals surface area contributed by atoms with Crippen molar-refractivity contribution >= 4 is 16.8 Å². The molecule has 1 rings (SSSR count). The second-order valence-corrected chi connectivity index (χ2v) is 6.78. The molecule has 0 aromatic rings. The average Bonchev–Trinajstić information content (AvgIpc) is 2.43. The van der Waals surface area contributed by atoms with Crippen LogP contribution in [-0.4, -0.2) is 25.8 Å². The molecule has 0 aromatic heterocycles. The van der Waals surface area contributed by atoms with Crippen LogP contribution in [0.1, 0.15) is 52.4 Å². The van der Waals surface area contributed by atoms with E-state index < -0.39 is 22.0 Å². The zero-order valence-corrected chi connectivity index (χ0v) is 11.0. The summed E-state index contributed by atoms with van der Waals surface area (Å²) in [5.41, 5.74) is 0. The van der Waals surface area contributed by atoms with Crippen molar-refractivity contribution in [1.29, 1.82) is 0 Å². The highest BCUT2D eigenvalue weighted by molar-refractivity contribution is 7.87. The minimum absolute atomic E-state index is 0.0541. The lowest BCUT2D eigenvalue weighted by molar-refractivity contribution is -0.137. The molecule has 0 amide bonds. The SMILES string of the molecule is CC(C)C(C(=O)O)S(=O)C1CCCCCC1. The van der Waals surface area contributed by atoms with Gasteiger partial charge in [0.05, 0.1) is 0 Å². The molecule has 4 heteroatoms. The van der Waals surface area contributed by atoms with Gasteiger partial charge in [-0.25, -0.2) is 0 Å². The predicted octanol–water partition coefficient (Wildman–Crippen LogP) is 2.57. The van der Waals surface area contributed by atoms with E-state index in [9.17, 15) is 9.00 Å². The Kier molecular flexibility index (Phi) is 5.46. The Morgan fingerprint density at radius 3 is 2.06 bits per heavy atom. The lowest BCUT2D eigenvalue weighted by Crippen LogP contribution is -2.36. The normalized spacial score (nSPS) is 22.7. The van der Waals surface area contributed by atoms with Crippen molar-refractivity contribution in [2.45, 2.75) is 62.9 Å². The maximum atomic E-state index is 12.3. The third-order valence-corrected chi connectivity index (χ3v) is 5.60. The summed E-state index contributed by atoms with van der Waals surface area (Å²) < 4.78 is 12.3. The van der Waals surface area contributed by atoms with Crippen molar-refractivity contribution in [3.05, 3.63) is 0 Å². The quantitative estimate of drug-likeness (QED) is 0.776. The molecule has 1 aliphatic carbocycles. The van der Waals surface area contributed by atoms with E-state index in [1.807, 2.05) is 13.8 Å².